The van der Waals surface area contributed by atoms with Crippen LogP contribution >= 0.6 is 11.8 Å². The minimum Gasteiger partial charge on any atom is -0.282 e. The zero-order valence-electron chi connectivity index (χ0n) is 9.21. The molecule has 3 rings (SSSR count). The Bertz CT molecular complexity index is 689. The van der Waals surface area contributed by atoms with Crippen molar-refractivity contribution < 1.29 is 9.59 Å². The number of aromatic nitrogens is 1. The molecule has 2 heterocycles. The number of pyridine rings is 1. The van der Waals surface area contributed by atoms with Gasteiger partial charge in [0, 0.05) is 17.1 Å². The van der Waals surface area contributed by atoms with Gasteiger partial charge in [0.1, 0.15) is 0 Å². The zero-order valence-corrected chi connectivity index (χ0v) is 10.0. The van der Waals surface area contributed by atoms with E-state index < -0.39 is 0 Å². The van der Waals surface area contributed by atoms with Gasteiger partial charge in [-0.1, -0.05) is 24.3 Å². The maximum absolute atomic E-state index is 11.5. The smallest absolute Gasteiger partial charge is 0.282 e. The second-order valence-electron chi connectivity index (χ2n) is 3.77. The van der Waals surface area contributed by atoms with Crippen molar-refractivity contribution in [1.82, 2.24) is 10.3 Å². The molecule has 1 aliphatic rings. The number of fused-ring (bicyclic) bond motifs is 1. The molecule has 2 amide bonds. The van der Waals surface area contributed by atoms with Gasteiger partial charge in [0.05, 0.1) is 10.4 Å². The van der Waals surface area contributed by atoms with Gasteiger partial charge < -0.3 is 0 Å². The Kier molecular flexibility index (Phi) is 2.60. The van der Waals surface area contributed by atoms with E-state index in [9.17, 15) is 9.59 Å². The van der Waals surface area contributed by atoms with E-state index in [2.05, 4.69) is 10.3 Å². The average Bonchev–Trinajstić information content (AvgIpc) is 2.68. The summed E-state index contributed by atoms with van der Waals surface area (Å²) >= 11 is 0.911. The van der Waals surface area contributed by atoms with Gasteiger partial charge in [-0.3, -0.25) is 19.9 Å². The fourth-order valence-corrected chi connectivity index (χ4v) is 2.48. The lowest BCUT2D eigenvalue weighted by Crippen LogP contribution is -2.17. The number of carbonyl (C=O) groups is 2. The normalized spacial score (nSPS) is 17.4. The predicted molar refractivity (Wildman–Crippen MR) is 70.8 cm³/mol. The lowest BCUT2D eigenvalue weighted by atomic mass is 10.1. The summed E-state index contributed by atoms with van der Waals surface area (Å²) in [4.78, 5) is 27.3. The van der Waals surface area contributed by atoms with Gasteiger partial charge >= 0.3 is 0 Å². The standard InChI is InChI=1S/C13H8N2O2S/c16-12-10(18-13(17)15-12)7-9-4-1-3-8-5-2-6-14-11(8)9/h1-7H,(H,15,16,17). The highest BCUT2D eigenvalue weighted by atomic mass is 32.2. The largest absolute Gasteiger partial charge is 0.290 e. The van der Waals surface area contributed by atoms with Gasteiger partial charge in [0.15, 0.2) is 0 Å². The molecule has 0 spiro atoms. The topological polar surface area (TPSA) is 59.1 Å². The minimum absolute atomic E-state index is 0.334. The fraction of sp³-hybridized carbons (Fsp3) is 0. The number of carbonyl (C=O) groups excluding carboxylic acids is 2. The van der Waals surface area contributed by atoms with Gasteiger partial charge in [0.2, 0.25) is 0 Å². The van der Waals surface area contributed by atoms with E-state index in [1.165, 1.54) is 0 Å². The molecule has 1 aromatic carbocycles. The SMILES string of the molecule is O=C1NC(=O)C(=Cc2cccc3cccnc23)S1. The van der Waals surface area contributed by atoms with E-state index in [0.29, 0.717) is 4.91 Å². The van der Waals surface area contributed by atoms with Crippen LogP contribution in [-0.2, 0) is 4.79 Å². The van der Waals surface area contributed by atoms with Gasteiger partial charge in [-0.15, -0.1) is 0 Å². The first kappa shape index (κ1) is 11.0. The number of thioether (sulfide) groups is 1. The van der Waals surface area contributed by atoms with Gasteiger partial charge in [-0.2, -0.15) is 0 Å². The molecule has 0 radical (unpaired) electrons. The second kappa shape index (κ2) is 4.27. The van der Waals surface area contributed by atoms with Crippen molar-refractivity contribution in [1.29, 1.82) is 0 Å². The third-order valence-electron chi connectivity index (χ3n) is 2.59. The minimum atomic E-state index is -0.349. The summed E-state index contributed by atoms with van der Waals surface area (Å²) in [6, 6.07) is 9.54. The van der Waals surface area contributed by atoms with Crippen molar-refractivity contribution in [3.8, 4) is 0 Å². The van der Waals surface area contributed by atoms with E-state index >= 15 is 0 Å². The van der Waals surface area contributed by atoms with Crippen molar-refractivity contribution in [2.24, 2.45) is 0 Å². The molecule has 1 fully saturated rings. The highest BCUT2D eigenvalue weighted by Gasteiger charge is 2.25. The lowest BCUT2D eigenvalue weighted by molar-refractivity contribution is -0.115. The molecule has 1 saturated heterocycles. The highest BCUT2D eigenvalue weighted by Crippen LogP contribution is 2.27. The number of rotatable bonds is 1. The Balaban J connectivity index is 2.13. The first-order valence-corrected chi connectivity index (χ1v) is 6.14. The lowest BCUT2D eigenvalue weighted by Gasteiger charge is -2.01. The number of benzene rings is 1. The van der Waals surface area contributed by atoms with Crippen molar-refractivity contribution in [2.45, 2.75) is 0 Å². The van der Waals surface area contributed by atoms with Crippen LogP contribution in [0, 0.1) is 0 Å². The second-order valence-corrected chi connectivity index (χ2v) is 4.79. The summed E-state index contributed by atoms with van der Waals surface area (Å²) in [6.45, 7) is 0. The molecule has 1 N–H and O–H groups in total. The fourth-order valence-electron chi connectivity index (χ4n) is 1.81. The van der Waals surface area contributed by atoms with Crippen LogP contribution in [0.25, 0.3) is 17.0 Å². The summed E-state index contributed by atoms with van der Waals surface area (Å²) in [5.41, 5.74) is 1.65. The van der Waals surface area contributed by atoms with Crippen molar-refractivity contribution in [3.63, 3.8) is 0 Å². The Morgan fingerprint density at radius 3 is 2.78 bits per heavy atom. The third-order valence-corrected chi connectivity index (χ3v) is 3.40. The van der Waals surface area contributed by atoms with E-state index in [1.807, 2.05) is 30.3 Å². The number of nitrogens with one attached hydrogen (secondary N) is 1. The summed E-state index contributed by atoms with van der Waals surface area (Å²) in [5, 5.41) is 2.90. The molecule has 1 aromatic heterocycles. The van der Waals surface area contributed by atoms with Crippen LogP contribution in [0.5, 0.6) is 0 Å². The van der Waals surface area contributed by atoms with E-state index in [1.54, 1.807) is 12.3 Å². The molecule has 0 saturated carbocycles. The van der Waals surface area contributed by atoms with Crippen LogP contribution < -0.4 is 5.32 Å². The van der Waals surface area contributed by atoms with Crippen molar-refractivity contribution >= 4 is 39.9 Å². The Labute approximate surface area is 107 Å². The number of hydrogen-bond donors (Lipinski definition) is 1. The summed E-state index contributed by atoms with van der Waals surface area (Å²) in [5.74, 6) is -0.349. The summed E-state index contributed by atoms with van der Waals surface area (Å²) in [6.07, 6.45) is 3.40. The number of nitrogens with zero attached hydrogens (tertiary/aromatic N) is 1. The van der Waals surface area contributed by atoms with Crippen LogP contribution in [0.3, 0.4) is 0 Å². The molecule has 4 nitrogen and oxygen atoms in total. The highest BCUT2D eigenvalue weighted by molar-refractivity contribution is 8.18. The number of amides is 2. The monoisotopic (exact) mass is 256 g/mol. The molecule has 88 valence electrons. The van der Waals surface area contributed by atoms with E-state index in [0.717, 1.165) is 28.2 Å². The molecular formula is C13H8N2O2S. The van der Waals surface area contributed by atoms with Crippen LogP contribution in [0.2, 0.25) is 0 Å². The first-order chi connectivity index (χ1) is 8.74. The summed E-state index contributed by atoms with van der Waals surface area (Å²) in [7, 11) is 0. The molecule has 0 bridgehead atoms. The zero-order chi connectivity index (χ0) is 12.5. The van der Waals surface area contributed by atoms with Crippen LogP contribution in [0.1, 0.15) is 5.56 Å². The third kappa shape index (κ3) is 1.89. The van der Waals surface area contributed by atoms with Gasteiger partial charge in [0.25, 0.3) is 11.1 Å². The molecule has 0 atom stereocenters. The Morgan fingerprint density at radius 2 is 2.00 bits per heavy atom. The number of para-hydroxylation sites is 1. The van der Waals surface area contributed by atoms with Crippen molar-refractivity contribution in [2.75, 3.05) is 0 Å². The Hall–Kier alpha value is -2.14. The average molecular weight is 256 g/mol. The van der Waals surface area contributed by atoms with Gasteiger partial charge in [-0.25, -0.2) is 0 Å². The number of hydrogen-bond acceptors (Lipinski definition) is 4. The van der Waals surface area contributed by atoms with Crippen LogP contribution in [0.4, 0.5) is 4.79 Å². The molecule has 1 aliphatic heterocycles. The summed E-state index contributed by atoms with van der Waals surface area (Å²) < 4.78 is 0. The molecule has 5 heteroatoms. The van der Waals surface area contributed by atoms with Crippen molar-refractivity contribution in [3.05, 3.63) is 47.0 Å². The molecule has 2 aromatic rings. The Morgan fingerprint density at radius 1 is 1.17 bits per heavy atom. The van der Waals surface area contributed by atoms with E-state index in [4.69, 9.17) is 0 Å². The first-order valence-electron chi connectivity index (χ1n) is 5.33. The number of imide groups is 1. The molecule has 0 aliphatic carbocycles. The molecular weight excluding hydrogens is 248 g/mol. The maximum Gasteiger partial charge on any atom is 0.290 e. The van der Waals surface area contributed by atoms with Gasteiger partial charge in [-0.05, 0) is 23.9 Å². The molecule has 18 heavy (non-hydrogen) atoms. The quantitative estimate of drug-likeness (QED) is 0.797. The molecule has 0 unspecified atom stereocenters. The maximum atomic E-state index is 11.5. The van der Waals surface area contributed by atoms with E-state index in [-0.39, 0.29) is 11.1 Å². The van der Waals surface area contributed by atoms with Crippen LogP contribution in [-0.4, -0.2) is 16.1 Å². The van der Waals surface area contributed by atoms with Crippen LogP contribution in [0.15, 0.2) is 41.4 Å². The predicted octanol–water partition coefficient (Wildman–Crippen LogP) is 2.56.